The van der Waals surface area contributed by atoms with E-state index in [0.717, 1.165) is 12.1 Å². The molecule has 2 unspecified atom stereocenters. The molecule has 0 aliphatic carbocycles. The predicted molar refractivity (Wildman–Crippen MR) is 68.6 cm³/mol. The highest BCUT2D eigenvalue weighted by atomic mass is 16.5. The molecule has 5 heteroatoms. The van der Waals surface area contributed by atoms with Crippen LogP contribution in [0.15, 0.2) is 18.3 Å². The molecule has 0 bridgehead atoms. The first kappa shape index (κ1) is 14.4. The van der Waals surface area contributed by atoms with Gasteiger partial charge in [-0.05, 0) is 25.0 Å². The summed E-state index contributed by atoms with van der Waals surface area (Å²) < 4.78 is 5.32. The van der Waals surface area contributed by atoms with Gasteiger partial charge in [0.1, 0.15) is 5.75 Å². The summed E-state index contributed by atoms with van der Waals surface area (Å²) in [4.78, 5) is 15.0. The number of hydrogen-bond donors (Lipinski definition) is 2. The van der Waals surface area contributed by atoms with E-state index in [1.807, 2.05) is 13.0 Å². The number of aliphatic carboxylic acids is 1. The van der Waals surface area contributed by atoms with Crippen LogP contribution >= 0.6 is 0 Å². The number of hydrogen-bond acceptors (Lipinski definition) is 4. The minimum atomic E-state index is -0.963. The predicted octanol–water partition coefficient (Wildman–Crippen LogP) is 1.60. The topological polar surface area (TPSA) is 85.4 Å². The molecule has 100 valence electrons. The molecular formula is C13H20N2O3. The molecule has 0 saturated heterocycles. The summed E-state index contributed by atoms with van der Waals surface area (Å²) in [6.45, 7) is 3.79. The highest BCUT2D eigenvalue weighted by Crippen LogP contribution is 2.13. The Morgan fingerprint density at radius 2 is 2.17 bits per heavy atom. The van der Waals surface area contributed by atoms with E-state index in [1.54, 1.807) is 19.2 Å². The molecule has 3 N–H and O–H groups in total. The van der Waals surface area contributed by atoms with Crippen LogP contribution in [0, 0.1) is 0 Å². The molecule has 0 amide bonds. The molecule has 1 rings (SSSR count). The normalized spacial score (nSPS) is 13.9. The number of carboxylic acids is 1. The summed E-state index contributed by atoms with van der Waals surface area (Å²) in [6.07, 6.45) is 2.75. The molecule has 1 aromatic heterocycles. The van der Waals surface area contributed by atoms with Gasteiger partial charge in [-0.25, -0.2) is 4.79 Å². The summed E-state index contributed by atoms with van der Waals surface area (Å²) in [5.74, 6) is -0.493. The molecule has 0 spiro atoms. The molecule has 1 aromatic rings. The number of ether oxygens (including phenoxy) is 1. The lowest BCUT2D eigenvalue weighted by molar-refractivity contribution is -0.145. The number of nitrogens with two attached hydrogens (primary N) is 1. The summed E-state index contributed by atoms with van der Waals surface area (Å²) >= 11 is 0. The summed E-state index contributed by atoms with van der Waals surface area (Å²) in [6, 6.07) is 3.65. The van der Waals surface area contributed by atoms with Crippen LogP contribution in [0.5, 0.6) is 5.75 Å². The van der Waals surface area contributed by atoms with Crippen molar-refractivity contribution in [3.05, 3.63) is 24.0 Å². The first-order valence-corrected chi connectivity index (χ1v) is 6.16. The quantitative estimate of drug-likeness (QED) is 0.770. The van der Waals surface area contributed by atoms with Gasteiger partial charge >= 0.3 is 5.97 Å². The number of nitrogens with zero attached hydrogens (tertiary/aromatic N) is 1. The highest BCUT2D eigenvalue weighted by Gasteiger charge is 2.16. The van der Waals surface area contributed by atoms with Crippen molar-refractivity contribution in [2.24, 2.45) is 5.73 Å². The Balaban J connectivity index is 2.62. The van der Waals surface area contributed by atoms with Crippen LogP contribution in [0.2, 0.25) is 0 Å². The Labute approximate surface area is 107 Å². The van der Waals surface area contributed by atoms with Crippen molar-refractivity contribution in [2.75, 3.05) is 0 Å². The average molecular weight is 252 g/mol. The van der Waals surface area contributed by atoms with Gasteiger partial charge < -0.3 is 15.6 Å². The molecule has 18 heavy (non-hydrogen) atoms. The standard InChI is InChI=1S/C13H20N2O3/c1-3-9(14)7-10-5-6-11(8-15-10)18-12(4-2)13(16)17/h5-6,8-9,12H,3-4,7,14H2,1-2H3,(H,16,17). The number of carbonyl (C=O) groups is 1. The lowest BCUT2D eigenvalue weighted by atomic mass is 10.1. The van der Waals surface area contributed by atoms with Crippen molar-refractivity contribution in [1.82, 2.24) is 4.98 Å². The fourth-order valence-electron chi connectivity index (χ4n) is 1.49. The van der Waals surface area contributed by atoms with E-state index in [9.17, 15) is 4.79 Å². The van der Waals surface area contributed by atoms with Gasteiger partial charge in [0.15, 0.2) is 6.10 Å². The molecule has 1 heterocycles. The van der Waals surface area contributed by atoms with E-state index < -0.39 is 12.1 Å². The molecule has 0 fully saturated rings. The Morgan fingerprint density at radius 3 is 2.61 bits per heavy atom. The number of rotatable bonds is 7. The minimum absolute atomic E-state index is 0.103. The molecule has 0 aliphatic heterocycles. The van der Waals surface area contributed by atoms with Crippen molar-refractivity contribution >= 4 is 5.97 Å². The van der Waals surface area contributed by atoms with Crippen molar-refractivity contribution in [1.29, 1.82) is 0 Å². The van der Waals surface area contributed by atoms with Crippen molar-refractivity contribution in [3.8, 4) is 5.75 Å². The van der Waals surface area contributed by atoms with Gasteiger partial charge in [-0.3, -0.25) is 4.98 Å². The monoisotopic (exact) mass is 252 g/mol. The zero-order valence-electron chi connectivity index (χ0n) is 10.8. The number of carboxylic acid groups (broad SMARTS) is 1. The van der Waals surface area contributed by atoms with Crippen LogP contribution in [0.4, 0.5) is 0 Å². The van der Waals surface area contributed by atoms with E-state index >= 15 is 0 Å². The van der Waals surface area contributed by atoms with Crippen LogP contribution in [-0.2, 0) is 11.2 Å². The fourth-order valence-corrected chi connectivity index (χ4v) is 1.49. The van der Waals surface area contributed by atoms with Crippen LogP contribution in [0.25, 0.3) is 0 Å². The Hall–Kier alpha value is -1.62. The molecule has 0 saturated carbocycles. The average Bonchev–Trinajstić information content (AvgIpc) is 2.37. The van der Waals surface area contributed by atoms with Crippen LogP contribution in [0.3, 0.4) is 0 Å². The van der Waals surface area contributed by atoms with Crippen LogP contribution in [0.1, 0.15) is 32.4 Å². The largest absolute Gasteiger partial charge is 0.479 e. The first-order valence-electron chi connectivity index (χ1n) is 6.16. The van der Waals surface area contributed by atoms with Gasteiger partial charge in [0.05, 0.1) is 6.20 Å². The molecule has 0 aliphatic rings. The second-order valence-corrected chi connectivity index (χ2v) is 4.21. The summed E-state index contributed by atoms with van der Waals surface area (Å²) in [7, 11) is 0. The van der Waals surface area contributed by atoms with Crippen LogP contribution in [-0.4, -0.2) is 28.2 Å². The van der Waals surface area contributed by atoms with Crippen LogP contribution < -0.4 is 10.5 Å². The number of pyridine rings is 1. The Bertz CT molecular complexity index is 378. The van der Waals surface area contributed by atoms with Gasteiger partial charge in [0.2, 0.25) is 0 Å². The molecule has 5 nitrogen and oxygen atoms in total. The fraction of sp³-hybridized carbons (Fsp3) is 0.538. The van der Waals surface area contributed by atoms with Gasteiger partial charge in [-0.2, -0.15) is 0 Å². The third-order valence-electron chi connectivity index (χ3n) is 2.72. The Kier molecular flexibility index (Phi) is 5.58. The highest BCUT2D eigenvalue weighted by molar-refractivity contribution is 5.72. The van der Waals surface area contributed by atoms with E-state index in [4.69, 9.17) is 15.6 Å². The summed E-state index contributed by atoms with van der Waals surface area (Å²) in [5, 5.41) is 8.88. The zero-order valence-corrected chi connectivity index (χ0v) is 10.8. The third kappa shape index (κ3) is 4.33. The van der Waals surface area contributed by atoms with Gasteiger partial charge in [0, 0.05) is 18.2 Å². The van der Waals surface area contributed by atoms with E-state index in [-0.39, 0.29) is 6.04 Å². The lowest BCUT2D eigenvalue weighted by Crippen LogP contribution is -2.26. The third-order valence-corrected chi connectivity index (χ3v) is 2.72. The number of aromatic nitrogens is 1. The van der Waals surface area contributed by atoms with Crippen molar-refractivity contribution < 1.29 is 14.6 Å². The van der Waals surface area contributed by atoms with Gasteiger partial charge in [-0.1, -0.05) is 13.8 Å². The maximum Gasteiger partial charge on any atom is 0.344 e. The van der Waals surface area contributed by atoms with Crippen molar-refractivity contribution in [3.63, 3.8) is 0 Å². The molecular weight excluding hydrogens is 232 g/mol. The van der Waals surface area contributed by atoms with E-state index in [2.05, 4.69) is 4.98 Å². The van der Waals surface area contributed by atoms with Crippen molar-refractivity contribution in [2.45, 2.75) is 45.3 Å². The molecule has 2 atom stereocenters. The lowest BCUT2D eigenvalue weighted by Gasteiger charge is -2.13. The summed E-state index contributed by atoms with van der Waals surface area (Å²) in [5.41, 5.74) is 6.73. The minimum Gasteiger partial charge on any atom is -0.479 e. The van der Waals surface area contributed by atoms with E-state index in [1.165, 1.54) is 0 Å². The van der Waals surface area contributed by atoms with Gasteiger partial charge in [-0.15, -0.1) is 0 Å². The maximum absolute atomic E-state index is 10.8. The Morgan fingerprint density at radius 1 is 1.44 bits per heavy atom. The maximum atomic E-state index is 10.8. The molecule has 0 radical (unpaired) electrons. The molecule has 0 aromatic carbocycles. The second-order valence-electron chi connectivity index (χ2n) is 4.21. The second kappa shape index (κ2) is 6.96. The SMILES string of the molecule is CCC(N)Cc1ccc(OC(CC)C(=O)O)cn1. The van der Waals surface area contributed by atoms with Gasteiger partial charge in [0.25, 0.3) is 0 Å². The first-order chi connectivity index (χ1) is 8.56. The zero-order chi connectivity index (χ0) is 13.5. The van der Waals surface area contributed by atoms with E-state index in [0.29, 0.717) is 18.6 Å². The smallest absolute Gasteiger partial charge is 0.344 e.